The molecule has 0 amide bonds. The fourth-order valence-electron chi connectivity index (χ4n) is 2.07. The smallest absolute Gasteiger partial charge is 0.360 e. The van der Waals surface area contributed by atoms with E-state index in [9.17, 15) is 30.0 Å². The summed E-state index contributed by atoms with van der Waals surface area (Å²) in [5.74, 6) is 0.243. The second-order valence-electron chi connectivity index (χ2n) is 5.51. The summed E-state index contributed by atoms with van der Waals surface area (Å²) >= 11 is 6.06. The molecule has 1 N–H and O–H groups in total. The first kappa shape index (κ1) is 21.5. The number of rotatable bonds is 5. The van der Waals surface area contributed by atoms with Gasteiger partial charge < -0.3 is 4.52 Å². The molecule has 0 radical (unpaired) electrons. The van der Waals surface area contributed by atoms with Crippen molar-refractivity contribution in [2.45, 2.75) is 26.5 Å². The van der Waals surface area contributed by atoms with Crippen LogP contribution in [0.15, 0.2) is 48.4 Å². The summed E-state index contributed by atoms with van der Waals surface area (Å²) in [6, 6.07) is 3.75. The van der Waals surface area contributed by atoms with Crippen LogP contribution in [-0.2, 0) is 26.0 Å². The van der Waals surface area contributed by atoms with Gasteiger partial charge in [0, 0.05) is 12.3 Å². The Labute approximate surface area is 171 Å². The predicted molar refractivity (Wildman–Crippen MR) is 96.1 cm³/mol. The molecular formula is C14H9ClF3N3O5S3. The van der Waals surface area contributed by atoms with Crippen LogP contribution >= 0.6 is 22.9 Å². The number of aryl methyl sites for hydroxylation is 1. The van der Waals surface area contributed by atoms with Crippen molar-refractivity contribution in [2.75, 3.05) is 4.72 Å². The van der Waals surface area contributed by atoms with Crippen molar-refractivity contribution in [2.24, 2.45) is 0 Å². The standard InChI is InChI=1S/C14H9ClF3N3O5S3/c1-7-4-10(20-26-7)21-29(24,25)12-3-2-11(27-12)28(22,23)13-9(15)5-8(6-19-13)14(16,17)18/h2-6H,1H3,(H,20,21). The van der Waals surface area contributed by atoms with Crippen molar-refractivity contribution in [3.05, 3.63) is 46.8 Å². The third-order valence-corrected chi connectivity index (χ3v) is 8.88. The Morgan fingerprint density at radius 1 is 1.14 bits per heavy atom. The van der Waals surface area contributed by atoms with Gasteiger partial charge in [-0.3, -0.25) is 4.72 Å². The largest absolute Gasteiger partial charge is 0.417 e. The summed E-state index contributed by atoms with van der Waals surface area (Å²) in [4.78, 5) is 3.31. The number of aromatic nitrogens is 2. The molecule has 3 rings (SSSR count). The van der Waals surface area contributed by atoms with Crippen molar-refractivity contribution < 1.29 is 34.5 Å². The zero-order valence-electron chi connectivity index (χ0n) is 14.1. The minimum atomic E-state index is -4.76. The minimum absolute atomic E-state index is 0.104. The summed E-state index contributed by atoms with van der Waals surface area (Å²) in [6.07, 6.45) is -4.42. The van der Waals surface area contributed by atoms with Gasteiger partial charge in [0.25, 0.3) is 10.0 Å². The first-order chi connectivity index (χ1) is 13.3. The van der Waals surface area contributed by atoms with Crippen molar-refractivity contribution in [1.29, 1.82) is 0 Å². The van der Waals surface area contributed by atoms with E-state index in [4.69, 9.17) is 16.1 Å². The lowest BCUT2D eigenvalue weighted by Gasteiger charge is -2.09. The number of hydrogen-bond donors (Lipinski definition) is 1. The fourth-order valence-corrected chi connectivity index (χ4v) is 6.61. The average Bonchev–Trinajstić information content (AvgIpc) is 3.23. The molecule has 0 saturated heterocycles. The van der Waals surface area contributed by atoms with Gasteiger partial charge in [-0.1, -0.05) is 16.8 Å². The van der Waals surface area contributed by atoms with E-state index >= 15 is 0 Å². The molecule has 0 bridgehead atoms. The number of pyridine rings is 1. The number of nitrogens with one attached hydrogen (secondary N) is 1. The second kappa shape index (κ2) is 7.27. The van der Waals surface area contributed by atoms with Gasteiger partial charge in [0.15, 0.2) is 10.8 Å². The molecule has 3 aromatic rings. The molecule has 0 aliphatic heterocycles. The van der Waals surface area contributed by atoms with Crippen molar-refractivity contribution in [3.8, 4) is 0 Å². The van der Waals surface area contributed by atoms with Gasteiger partial charge in [-0.2, -0.15) is 13.2 Å². The van der Waals surface area contributed by atoms with Gasteiger partial charge in [-0.25, -0.2) is 21.8 Å². The van der Waals surface area contributed by atoms with Gasteiger partial charge in [0.1, 0.15) is 14.2 Å². The van der Waals surface area contributed by atoms with E-state index in [-0.39, 0.29) is 10.0 Å². The van der Waals surface area contributed by atoms with Gasteiger partial charge in [-0.05, 0) is 25.1 Å². The van der Waals surface area contributed by atoms with E-state index in [1.165, 1.54) is 6.07 Å². The van der Waals surface area contributed by atoms with Gasteiger partial charge in [0.2, 0.25) is 9.84 Å². The van der Waals surface area contributed by atoms with Crippen LogP contribution < -0.4 is 4.72 Å². The Bertz CT molecular complexity index is 1280. The molecule has 0 aromatic carbocycles. The van der Waals surface area contributed by atoms with E-state index in [1.54, 1.807) is 6.92 Å². The Hall–Kier alpha value is -2.16. The number of anilines is 1. The first-order valence-corrected chi connectivity index (χ1v) is 11.5. The SMILES string of the molecule is Cc1cc(NS(=O)(=O)c2ccc(S(=O)(=O)c3ncc(C(F)(F)F)cc3Cl)s2)no1. The number of alkyl halides is 3. The van der Waals surface area contributed by atoms with Crippen LogP contribution in [0.5, 0.6) is 0 Å². The lowest BCUT2D eigenvalue weighted by Crippen LogP contribution is -2.11. The molecule has 0 aliphatic rings. The number of hydrogen-bond acceptors (Lipinski definition) is 8. The Morgan fingerprint density at radius 3 is 2.34 bits per heavy atom. The van der Waals surface area contributed by atoms with Crippen molar-refractivity contribution >= 4 is 48.6 Å². The van der Waals surface area contributed by atoms with Crippen LogP contribution in [0.4, 0.5) is 19.0 Å². The third-order valence-electron chi connectivity index (χ3n) is 3.34. The molecule has 3 heterocycles. The maximum absolute atomic E-state index is 12.7. The first-order valence-electron chi connectivity index (χ1n) is 7.34. The van der Waals surface area contributed by atoms with Crippen LogP contribution in [0.25, 0.3) is 0 Å². The lowest BCUT2D eigenvalue weighted by molar-refractivity contribution is -0.137. The highest BCUT2D eigenvalue weighted by Crippen LogP contribution is 2.36. The molecular weight excluding hydrogens is 479 g/mol. The number of sulfonamides is 1. The van der Waals surface area contributed by atoms with Crippen LogP contribution in [0.1, 0.15) is 11.3 Å². The second-order valence-corrected chi connectivity index (χ2v) is 11.0. The highest BCUT2D eigenvalue weighted by Gasteiger charge is 2.34. The summed E-state index contributed by atoms with van der Waals surface area (Å²) in [5, 5.41) is 1.91. The van der Waals surface area contributed by atoms with E-state index in [1.807, 2.05) is 0 Å². The molecule has 0 fully saturated rings. The molecule has 0 saturated carbocycles. The molecule has 156 valence electrons. The Kier molecular flexibility index (Phi) is 5.40. The van der Waals surface area contributed by atoms with E-state index < -0.39 is 45.9 Å². The molecule has 0 spiro atoms. The fraction of sp³-hybridized carbons (Fsp3) is 0.143. The van der Waals surface area contributed by atoms with Crippen LogP contribution in [-0.4, -0.2) is 27.0 Å². The summed E-state index contributed by atoms with van der Waals surface area (Å²) in [7, 11) is -8.64. The summed E-state index contributed by atoms with van der Waals surface area (Å²) in [5.41, 5.74) is -1.22. The highest BCUT2D eigenvalue weighted by atomic mass is 35.5. The molecule has 15 heteroatoms. The normalized spacial score (nSPS) is 12.9. The average molecular weight is 488 g/mol. The number of halogens is 4. The number of nitrogens with zero attached hydrogens (tertiary/aromatic N) is 2. The van der Waals surface area contributed by atoms with Crippen LogP contribution in [0.3, 0.4) is 0 Å². The third kappa shape index (κ3) is 4.39. The van der Waals surface area contributed by atoms with Gasteiger partial charge >= 0.3 is 6.18 Å². The number of sulfone groups is 1. The van der Waals surface area contributed by atoms with Crippen molar-refractivity contribution in [1.82, 2.24) is 10.1 Å². The molecule has 29 heavy (non-hydrogen) atoms. The van der Waals surface area contributed by atoms with E-state index in [0.29, 0.717) is 29.4 Å². The van der Waals surface area contributed by atoms with Crippen molar-refractivity contribution in [3.63, 3.8) is 0 Å². The molecule has 0 aliphatic carbocycles. The zero-order chi connectivity index (χ0) is 21.6. The summed E-state index contributed by atoms with van der Waals surface area (Å²) < 4.78 is 94.2. The monoisotopic (exact) mass is 487 g/mol. The molecule has 0 atom stereocenters. The Morgan fingerprint density at radius 2 is 1.79 bits per heavy atom. The van der Waals surface area contributed by atoms with Gasteiger partial charge in [-0.15, -0.1) is 11.3 Å². The predicted octanol–water partition coefficient (Wildman–Crippen LogP) is 3.75. The van der Waals surface area contributed by atoms with E-state index in [2.05, 4.69) is 14.9 Å². The zero-order valence-corrected chi connectivity index (χ0v) is 17.3. The van der Waals surface area contributed by atoms with Crippen LogP contribution in [0.2, 0.25) is 5.02 Å². The van der Waals surface area contributed by atoms with Gasteiger partial charge in [0.05, 0.1) is 10.6 Å². The van der Waals surface area contributed by atoms with E-state index in [0.717, 1.165) is 12.1 Å². The highest BCUT2D eigenvalue weighted by molar-refractivity contribution is 7.96. The number of thiophene rings is 1. The lowest BCUT2D eigenvalue weighted by atomic mass is 10.3. The van der Waals surface area contributed by atoms with Crippen LogP contribution in [0, 0.1) is 6.92 Å². The minimum Gasteiger partial charge on any atom is -0.360 e. The maximum Gasteiger partial charge on any atom is 0.417 e. The summed E-state index contributed by atoms with van der Waals surface area (Å²) in [6.45, 7) is 1.54. The topological polar surface area (TPSA) is 119 Å². The molecule has 0 unspecified atom stereocenters. The Balaban J connectivity index is 1.95. The molecule has 3 aromatic heterocycles. The maximum atomic E-state index is 12.7. The molecule has 8 nitrogen and oxygen atoms in total. The quantitative estimate of drug-likeness (QED) is 0.582.